The molecule has 1 atom stereocenters. The topological polar surface area (TPSA) is 79.5 Å². The third-order valence-corrected chi connectivity index (χ3v) is 3.37. The summed E-state index contributed by atoms with van der Waals surface area (Å²) in [5, 5.41) is 13.1. The van der Waals surface area contributed by atoms with Crippen molar-refractivity contribution in [3.8, 4) is 11.4 Å². The molecular weight excluding hydrogens is 270 g/mol. The lowest BCUT2D eigenvalue weighted by atomic mass is 10.1. The fraction of sp³-hybridized carbons (Fsp3) is 0.400. The summed E-state index contributed by atoms with van der Waals surface area (Å²) in [6, 6.07) is 7.27. The van der Waals surface area contributed by atoms with E-state index in [0.29, 0.717) is 24.7 Å². The third kappa shape index (κ3) is 3.66. The second kappa shape index (κ2) is 6.49. The number of carboxylic acid groups (broad SMARTS) is 1. The van der Waals surface area contributed by atoms with Crippen molar-refractivity contribution in [1.29, 1.82) is 0 Å². The van der Waals surface area contributed by atoms with E-state index in [4.69, 9.17) is 9.63 Å². The van der Waals surface area contributed by atoms with Gasteiger partial charge in [0.05, 0.1) is 6.54 Å². The van der Waals surface area contributed by atoms with E-state index in [0.717, 1.165) is 11.1 Å². The van der Waals surface area contributed by atoms with Crippen molar-refractivity contribution in [2.24, 2.45) is 0 Å². The first-order valence-electron chi connectivity index (χ1n) is 6.84. The zero-order valence-electron chi connectivity index (χ0n) is 12.4. The molecule has 112 valence electrons. The first-order chi connectivity index (χ1) is 10.0. The van der Waals surface area contributed by atoms with Crippen LogP contribution in [-0.2, 0) is 11.3 Å². The maximum Gasteiger partial charge on any atom is 0.320 e. The molecule has 0 spiro atoms. The molecule has 0 radical (unpaired) electrons. The van der Waals surface area contributed by atoms with Gasteiger partial charge in [0.15, 0.2) is 0 Å². The Hall–Kier alpha value is -2.21. The Bertz CT molecular complexity index is 607. The van der Waals surface area contributed by atoms with Gasteiger partial charge in [0, 0.05) is 5.56 Å². The summed E-state index contributed by atoms with van der Waals surface area (Å²) in [6.07, 6.45) is 0.519. The van der Waals surface area contributed by atoms with Gasteiger partial charge in [-0.2, -0.15) is 4.98 Å². The predicted molar refractivity (Wildman–Crippen MR) is 77.7 cm³/mol. The molecule has 2 rings (SSSR count). The fourth-order valence-corrected chi connectivity index (χ4v) is 2.14. The molecule has 21 heavy (non-hydrogen) atoms. The van der Waals surface area contributed by atoms with Crippen molar-refractivity contribution in [3.05, 3.63) is 35.7 Å². The molecule has 0 amide bonds. The predicted octanol–water partition coefficient (Wildman–Crippen LogP) is 2.34. The van der Waals surface area contributed by atoms with E-state index in [1.807, 2.05) is 38.1 Å². The molecule has 0 saturated heterocycles. The van der Waals surface area contributed by atoms with Crippen LogP contribution in [0.3, 0.4) is 0 Å². The minimum Gasteiger partial charge on any atom is -0.480 e. The van der Waals surface area contributed by atoms with Gasteiger partial charge in [0.2, 0.25) is 11.7 Å². The van der Waals surface area contributed by atoms with Gasteiger partial charge in [0.1, 0.15) is 6.04 Å². The lowest BCUT2D eigenvalue weighted by Gasteiger charge is -2.21. The fourth-order valence-electron chi connectivity index (χ4n) is 2.14. The van der Waals surface area contributed by atoms with Gasteiger partial charge in [-0.1, -0.05) is 41.9 Å². The molecule has 0 saturated carbocycles. The van der Waals surface area contributed by atoms with Crippen molar-refractivity contribution in [2.75, 3.05) is 7.05 Å². The Balaban J connectivity index is 2.09. The highest BCUT2D eigenvalue weighted by Gasteiger charge is 2.22. The van der Waals surface area contributed by atoms with Crippen LogP contribution in [0.5, 0.6) is 0 Å². The zero-order chi connectivity index (χ0) is 15.4. The van der Waals surface area contributed by atoms with Crippen molar-refractivity contribution < 1.29 is 14.4 Å². The first kappa shape index (κ1) is 15.2. The first-order valence-corrected chi connectivity index (χ1v) is 6.84. The Kier molecular flexibility index (Phi) is 4.70. The number of rotatable bonds is 6. The van der Waals surface area contributed by atoms with Gasteiger partial charge in [-0.25, -0.2) is 0 Å². The molecule has 0 fully saturated rings. The number of aromatic nitrogens is 2. The van der Waals surface area contributed by atoms with Crippen LogP contribution >= 0.6 is 0 Å². The minimum atomic E-state index is -0.849. The lowest BCUT2D eigenvalue weighted by Crippen LogP contribution is -2.37. The molecule has 0 aliphatic rings. The number of hydrogen-bond donors (Lipinski definition) is 1. The van der Waals surface area contributed by atoms with Gasteiger partial charge in [-0.15, -0.1) is 0 Å². The van der Waals surface area contributed by atoms with Crippen molar-refractivity contribution >= 4 is 5.97 Å². The number of aliphatic carboxylic acids is 1. The summed E-state index contributed by atoms with van der Waals surface area (Å²) in [4.78, 5) is 17.1. The molecular formula is C15H19N3O3. The average Bonchev–Trinajstić information content (AvgIpc) is 2.88. The molecule has 1 unspecified atom stereocenters. The number of likely N-dealkylation sites (N-methyl/N-ethyl adjacent to an activating group) is 1. The molecule has 6 heteroatoms. The van der Waals surface area contributed by atoms with Crippen LogP contribution in [-0.4, -0.2) is 39.2 Å². The Morgan fingerprint density at radius 3 is 2.62 bits per heavy atom. The summed E-state index contributed by atoms with van der Waals surface area (Å²) in [7, 11) is 1.73. The second-order valence-electron chi connectivity index (χ2n) is 5.06. The van der Waals surface area contributed by atoms with Gasteiger partial charge in [0.25, 0.3) is 0 Å². The number of carboxylic acids is 1. The summed E-state index contributed by atoms with van der Waals surface area (Å²) in [6.45, 7) is 4.15. The van der Waals surface area contributed by atoms with Crippen molar-refractivity contribution in [2.45, 2.75) is 32.9 Å². The van der Waals surface area contributed by atoms with Crippen LogP contribution in [0.15, 0.2) is 28.8 Å². The molecule has 6 nitrogen and oxygen atoms in total. The summed E-state index contributed by atoms with van der Waals surface area (Å²) in [5.41, 5.74) is 2.04. The number of nitrogens with zero attached hydrogens (tertiary/aromatic N) is 3. The highest BCUT2D eigenvalue weighted by molar-refractivity contribution is 5.73. The molecule has 0 aliphatic heterocycles. The number of aryl methyl sites for hydroxylation is 1. The summed E-state index contributed by atoms with van der Waals surface area (Å²) < 4.78 is 5.20. The van der Waals surface area contributed by atoms with Gasteiger partial charge in [-0.05, 0) is 20.4 Å². The Morgan fingerprint density at radius 2 is 2.05 bits per heavy atom. The van der Waals surface area contributed by atoms with E-state index in [1.54, 1.807) is 11.9 Å². The summed E-state index contributed by atoms with van der Waals surface area (Å²) in [5.74, 6) is 0.0767. The molecule has 1 aromatic carbocycles. The van der Waals surface area contributed by atoms with Crippen molar-refractivity contribution in [1.82, 2.24) is 15.0 Å². The Morgan fingerprint density at radius 1 is 1.38 bits per heavy atom. The molecule has 1 aromatic heterocycles. The van der Waals surface area contributed by atoms with E-state index >= 15 is 0 Å². The monoisotopic (exact) mass is 289 g/mol. The third-order valence-electron chi connectivity index (χ3n) is 3.37. The van der Waals surface area contributed by atoms with Crippen molar-refractivity contribution in [3.63, 3.8) is 0 Å². The van der Waals surface area contributed by atoms with E-state index in [-0.39, 0.29) is 0 Å². The SMILES string of the molecule is CCC(C(=O)O)N(C)Cc1nc(-c2ccc(C)cc2)no1. The van der Waals surface area contributed by atoms with Crippen LogP contribution in [0, 0.1) is 6.92 Å². The molecule has 1 N–H and O–H groups in total. The smallest absolute Gasteiger partial charge is 0.320 e. The van der Waals surface area contributed by atoms with Crippen LogP contribution in [0.2, 0.25) is 0 Å². The highest BCUT2D eigenvalue weighted by Crippen LogP contribution is 2.17. The largest absolute Gasteiger partial charge is 0.480 e. The molecule has 1 heterocycles. The molecule has 0 bridgehead atoms. The average molecular weight is 289 g/mol. The van der Waals surface area contributed by atoms with Gasteiger partial charge < -0.3 is 9.63 Å². The molecule has 2 aromatic rings. The minimum absolute atomic E-state index is 0.309. The van der Waals surface area contributed by atoms with Crippen LogP contribution < -0.4 is 0 Å². The summed E-state index contributed by atoms with van der Waals surface area (Å²) >= 11 is 0. The van der Waals surface area contributed by atoms with Crippen LogP contribution in [0.25, 0.3) is 11.4 Å². The number of carbonyl (C=O) groups is 1. The normalized spacial score (nSPS) is 12.6. The zero-order valence-corrected chi connectivity index (χ0v) is 12.4. The highest BCUT2D eigenvalue weighted by atomic mass is 16.5. The maximum absolute atomic E-state index is 11.1. The van der Waals surface area contributed by atoms with E-state index in [1.165, 1.54) is 0 Å². The quantitative estimate of drug-likeness (QED) is 0.879. The number of hydrogen-bond acceptors (Lipinski definition) is 5. The van der Waals surface area contributed by atoms with E-state index in [9.17, 15) is 4.79 Å². The second-order valence-corrected chi connectivity index (χ2v) is 5.06. The number of benzene rings is 1. The maximum atomic E-state index is 11.1. The van der Waals surface area contributed by atoms with E-state index < -0.39 is 12.0 Å². The van der Waals surface area contributed by atoms with Gasteiger partial charge >= 0.3 is 5.97 Å². The van der Waals surface area contributed by atoms with Gasteiger partial charge in [-0.3, -0.25) is 9.69 Å². The van der Waals surface area contributed by atoms with Crippen LogP contribution in [0.1, 0.15) is 24.8 Å². The van der Waals surface area contributed by atoms with E-state index in [2.05, 4.69) is 10.1 Å². The Labute approximate surface area is 123 Å². The molecule has 0 aliphatic carbocycles. The lowest BCUT2D eigenvalue weighted by molar-refractivity contribution is -0.143. The van der Waals surface area contributed by atoms with Crippen LogP contribution in [0.4, 0.5) is 0 Å². The standard InChI is InChI=1S/C15H19N3O3/c1-4-12(15(19)20)18(3)9-13-16-14(17-21-13)11-7-5-10(2)6-8-11/h5-8,12H,4,9H2,1-3H3,(H,19,20).